The lowest BCUT2D eigenvalue weighted by Gasteiger charge is -2.11. The molecule has 0 fully saturated rings. The Morgan fingerprint density at radius 2 is 2.00 bits per heavy atom. The van der Waals surface area contributed by atoms with E-state index < -0.39 is 0 Å². The molecule has 0 atom stereocenters. The molecule has 2 heterocycles. The first-order chi connectivity index (χ1) is 8.58. The van der Waals surface area contributed by atoms with Crippen LogP contribution in [0.25, 0.3) is 11.1 Å². The van der Waals surface area contributed by atoms with Crippen LogP contribution in [-0.4, -0.2) is 19.0 Å². The third-order valence-electron chi connectivity index (χ3n) is 2.53. The SMILES string of the molecule is CO/N=c1\cc(C)n(OC)c2oc(C)cc(=O)c12. The fourth-order valence-electron chi connectivity index (χ4n) is 1.86. The molecule has 2 aromatic rings. The zero-order valence-corrected chi connectivity index (χ0v) is 10.7. The van der Waals surface area contributed by atoms with E-state index in [1.54, 1.807) is 13.0 Å². The second-order valence-electron chi connectivity index (χ2n) is 3.82. The topological polar surface area (TPSA) is 66.0 Å². The van der Waals surface area contributed by atoms with Gasteiger partial charge in [-0.2, -0.15) is 4.73 Å². The van der Waals surface area contributed by atoms with Crippen molar-refractivity contribution < 1.29 is 14.1 Å². The number of hydrogen-bond acceptors (Lipinski definition) is 5. The van der Waals surface area contributed by atoms with Crippen LogP contribution in [0.2, 0.25) is 0 Å². The summed E-state index contributed by atoms with van der Waals surface area (Å²) in [6.07, 6.45) is 0. The molecule has 6 heteroatoms. The lowest BCUT2D eigenvalue weighted by molar-refractivity contribution is 0.159. The van der Waals surface area contributed by atoms with Crippen molar-refractivity contribution in [3.05, 3.63) is 39.2 Å². The second-order valence-corrected chi connectivity index (χ2v) is 3.82. The summed E-state index contributed by atoms with van der Waals surface area (Å²) in [5, 5.41) is 4.58. The highest BCUT2D eigenvalue weighted by molar-refractivity contribution is 5.72. The fourth-order valence-corrected chi connectivity index (χ4v) is 1.86. The Labute approximate surface area is 103 Å². The van der Waals surface area contributed by atoms with Gasteiger partial charge in [0.15, 0.2) is 5.43 Å². The maximum atomic E-state index is 12.0. The van der Waals surface area contributed by atoms with E-state index in [1.165, 1.54) is 25.0 Å². The van der Waals surface area contributed by atoms with Gasteiger partial charge in [-0.1, -0.05) is 5.16 Å². The third kappa shape index (κ3) is 1.85. The largest absolute Gasteiger partial charge is 0.442 e. The first kappa shape index (κ1) is 12.2. The lowest BCUT2D eigenvalue weighted by Crippen LogP contribution is -2.22. The van der Waals surface area contributed by atoms with Crippen LogP contribution < -0.4 is 15.6 Å². The molecule has 2 aromatic heterocycles. The molecule has 0 aliphatic carbocycles. The summed E-state index contributed by atoms with van der Waals surface area (Å²) in [7, 11) is 2.93. The summed E-state index contributed by atoms with van der Waals surface area (Å²) in [6, 6.07) is 3.11. The van der Waals surface area contributed by atoms with Crippen molar-refractivity contribution >= 4 is 11.1 Å². The molecule has 0 saturated heterocycles. The first-order valence-corrected chi connectivity index (χ1v) is 5.37. The highest BCUT2D eigenvalue weighted by Gasteiger charge is 2.12. The Balaban J connectivity index is 3.08. The van der Waals surface area contributed by atoms with Crippen molar-refractivity contribution in [3.63, 3.8) is 0 Å². The first-order valence-electron chi connectivity index (χ1n) is 5.37. The van der Waals surface area contributed by atoms with Gasteiger partial charge in [-0.15, -0.1) is 0 Å². The molecular weight excluding hydrogens is 236 g/mol. The van der Waals surface area contributed by atoms with Gasteiger partial charge in [-0.3, -0.25) is 4.79 Å². The molecule has 2 rings (SSSR count). The summed E-state index contributed by atoms with van der Waals surface area (Å²) in [5.41, 5.74) is 0.878. The number of nitrogens with zero attached hydrogens (tertiary/aromatic N) is 2. The number of fused-ring (bicyclic) bond motifs is 1. The van der Waals surface area contributed by atoms with E-state index in [4.69, 9.17) is 14.1 Å². The summed E-state index contributed by atoms with van der Waals surface area (Å²) < 4.78 is 7.00. The Morgan fingerprint density at radius 1 is 1.28 bits per heavy atom. The van der Waals surface area contributed by atoms with E-state index in [0.29, 0.717) is 22.2 Å². The summed E-state index contributed by atoms with van der Waals surface area (Å²) in [4.78, 5) is 22.0. The van der Waals surface area contributed by atoms with Crippen molar-refractivity contribution in [1.82, 2.24) is 4.73 Å². The van der Waals surface area contributed by atoms with Crippen LogP contribution in [0.15, 0.2) is 26.5 Å². The Morgan fingerprint density at radius 3 is 2.61 bits per heavy atom. The van der Waals surface area contributed by atoms with Crippen LogP contribution >= 0.6 is 0 Å². The Kier molecular flexibility index (Phi) is 3.10. The van der Waals surface area contributed by atoms with Crippen LogP contribution in [0.4, 0.5) is 0 Å². The zero-order valence-electron chi connectivity index (χ0n) is 10.7. The van der Waals surface area contributed by atoms with Crippen molar-refractivity contribution in [2.45, 2.75) is 13.8 Å². The van der Waals surface area contributed by atoms with Crippen LogP contribution in [0, 0.1) is 13.8 Å². The molecule has 18 heavy (non-hydrogen) atoms. The molecule has 0 bridgehead atoms. The van der Waals surface area contributed by atoms with E-state index in [2.05, 4.69) is 5.16 Å². The third-order valence-corrected chi connectivity index (χ3v) is 2.53. The van der Waals surface area contributed by atoms with Crippen LogP contribution in [0.5, 0.6) is 0 Å². The van der Waals surface area contributed by atoms with Crippen LogP contribution in [0.1, 0.15) is 11.5 Å². The molecule has 0 amide bonds. The van der Waals surface area contributed by atoms with E-state index >= 15 is 0 Å². The van der Waals surface area contributed by atoms with Gasteiger partial charge in [0.2, 0.25) is 5.71 Å². The number of hydrogen-bond donors (Lipinski definition) is 0. The van der Waals surface area contributed by atoms with Gasteiger partial charge >= 0.3 is 0 Å². The molecular formula is C12H14N2O4. The monoisotopic (exact) mass is 250 g/mol. The fraction of sp³-hybridized carbons (Fsp3) is 0.333. The normalized spacial score (nSPS) is 11.9. The molecule has 6 nitrogen and oxygen atoms in total. The molecule has 0 unspecified atom stereocenters. The summed E-state index contributed by atoms with van der Waals surface area (Å²) >= 11 is 0. The molecule has 0 radical (unpaired) electrons. The van der Waals surface area contributed by atoms with E-state index in [-0.39, 0.29) is 5.43 Å². The molecule has 0 N–H and O–H groups in total. The number of aromatic nitrogens is 1. The van der Waals surface area contributed by atoms with Gasteiger partial charge in [0.05, 0.1) is 5.69 Å². The molecule has 0 aliphatic heterocycles. The second kappa shape index (κ2) is 4.56. The number of aryl methyl sites for hydroxylation is 2. The smallest absolute Gasteiger partial charge is 0.246 e. The maximum absolute atomic E-state index is 12.0. The molecule has 0 aromatic carbocycles. The zero-order chi connectivity index (χ0) is 13.3. The van der Waals surface area contributed by atoms with Crippen molar-refractivity contribution in [1.29, 1.82) is 0 Å². The minimum absolute atomic E-state index is 0.185. The highest BCUT2D eigenvalue weighted by Crippen LogP contribution is 2.10. The summed E-state index contributed by atoms with van der Waals surface area (Å²) in [5.74, 6) is 0.507. The van der Waals surface area contributed by atoms with E-state index in [9.17, 15) is 4.79 Å². The predicted molar refractivity (Wildman–Crippen MR) is 65.0 cm³/mol. The number of pyridine rings is 1. The maximum Gasteiger partial charge on any atom is 0.246 e. The van der Waals surface area contributed by atoms with Crippen molar-refractivity contribution in [3.8, 4) is 0 Å². The van der Waals surface area contributed by atoms with Gasteiger partial charge in [0.25, 0.3) is 0 Å². The highest BCUT2D eigenvalue weighted by atomic mass is 16.7. The van der Waals surface area contributed by atoms with Gasteiger partial charge in [0, 0.05) is 6.07 Å². The predicted octanol–water partition coefficient (Wildman–Crippen LogP) is 0.732. The van der Waals surface area contributed by atoms with Crippen LogP contribution in [0.3, 0.4) is 0 Å². The van der Waals surface area contributed by atoms with Crippen LogP contribution in [-0.2, 0) is 4.84 Å². The average molecular weight is 250 g/mol. The standard InChI is InChI=1S/C12H14N2O4/c1-7-5-9(13-16-3)11-10(15)6-8(2)18-12(11)14(7)17-4/h5-6H,1-4H3/b13-9+. The molecule has 0 spiro atoms. The summed E-state index contributed by atoms with van der Waals surface area (Å²) in [6.45, 7) is 3.52. The molecule has 0 saturated carbocycles. The Bertz CT molecular complexity index is 712. The number of rotatable bonds is 2. The average Bonchev–Trinajstić information content (AvgIpc) is 2.28. The van der Waals surface area contributed by atoms with Gasteiger partial charge in [-0.25, -0.2) is 0 Å². The van der Waals surface area contributed by atoms with E-state index in [1.807, 2.05) is 6.92 Å². The minimum atomic E-state index is -0.185. The van der Waals surface area contributed by atoms with Gasteiger partial charge in [0.1, 0.15) is 30.7 Å². The van der Waals surface area contributed by atoms with Crippen molar-refractivity contribution in [2.75, 3.05) is 14.2 Å². The quantitative estimate of drug-likeness (QED) is 0.737. The lowest BCUT2D eigenvalue weighted by atomic mass is 10.2. The van der Waals surface area contributed by atoms with Gasteiger partial charge in [-0.05, 0) is 19.9 Å². The van der Waals surface area contributed by atoms with E-state index in [0.717, 1.165) is 5.69 Å². The molecule has 96 valence electrons. The van der Waals surface area contributed by atoms with Gasteiger partial charge < -0.3 is 14.1 Å². The molecule has 0 aliphatic rings. The van der Waals surface area contributed by atoms with Crippen molar-refractivity contribution in [2.24, 2.45) is 5.16 Å². The minimum Gasteiger partial charge on any atom is -0.442 e. The Hall–Kier alpha value is -2.24.